The summed E-state index contributed by atoms with van der Waals surface area (Å²) in [4.78, 5) is 5.91. The second kappa shape index (κ2) is 8.47. The van der Waals surface area contributed by atoms with Crippen LogP contribution in [0.15, 0.2) is 52.9 Å². The van der Waals surface area contributed by atoms with Crippen molar-refractivity contribution in [2.45, 2.75) is 69.9 Å². The summed E-state index contributed by atoms with van der Waals surface area (Å²) in [7, 11) is 0. The number of nitrogens with one attached hydrogen (secondary N) is 2. The zero-order valence-electron chi connectivity index (χ0n) is 20.5. The third-order valence-corrected chi connectivity index (χ3v) is 8.56. The molecule has 0 amide bonds. The van der Waals surface area contributed by atoms with Gasteiger partial charge in [0.25, 0.3) is 0 Å². The Morgan fingerprint density at radius 3 is 2.64 bits per heavy atom. The number of likely N-dealkylation sites (tertiary alicyclic amines) is 1. The van der Waals surface area contributed by atoms with Crippen molar-refractivity contribution in [3.8, 4) is 0 Å². The average Bonchev–Trinajstić information content (AvgIpc) is 3.56. The van der Waals surface area contributed by atoms with Crippen LogP contribution in [0.4, 0.5) is 8.78 Å². The third-order valence-electron chi connectivity index (χ3n) is 8.56. The van der Waals surface area contributed by atoms with Crippen LogP contribution < -0.4 is 5.84 Å². The highest BCUT2D eigenvalue weighted by molar-refractivity contribution is 5.96. The van der Waals surface area contributed by atoms with Crippen LogP contribution in [-0.4, -0.2) is 28.2 Å². The van der Waals surface area contributed by atoms with Gasteiger partial charge in [-0.2, -0.15) is 0 Å². The number of rotatable bonds is 5. The van der Waals surface area contributed by atoms with Crippen molar-refractivity contribution >= 4 is 16.7 Å². The Labute approximate surface area is 212 Å². The lowest BCUT2D eigenvalue weighted by Gasteiger charge is -2.54. The van der Waals surface area contributed by atoms with Gasteiger partial charge in [0, 0.05) is 50.9 Å². The van der Waals surface area contributed by atoms with Crippen molar-refractivity contribution in [2.75, 3.05) is 6.54 Å². The number of nitrogens with two attached hydrogens (primary N) is 1. The summed E-state index contributed by atoms with van der Waals surface area (Å²) in [6, 6.07) is 12.3. The van der Waals surface area contributed by atoms with Crippen LogP contribution in [0.2, 0.25) is 0 Å². The van der Waals surface area contributed by atoms with E-state index in [4.69, 9.17) is 11.3 Å². The van der Waals surface area contributed by atoms with Gasteiger partial charge in [-0.15, -0.1) is 5.11 Å². The molecule has 1 aromatic heterocycles. The number of aromatic amines is 1. The molecule has 0 bridgehead atoms. The second-order valence-corrected chi connectivity index (χ2v) is 11.1. The number of amidine groups is 1. The summed E-state index contributed by atoms with van der Waals surface area (Å²) in [5.41, 5.74) is 6.72. The maximum absolute atomic E-state index is 14.0. The van der Waals surface area contributed by atoms with E-state index >= 15 is 0 Å². The van der Waals surface area contributed by atoms with E-state index in [9.17, 15) is 8.78 Å². The summed E-state index contributed by atoms with van der Waals surface area (Å²) in [6.45, 7) is 3.77. The van der Waals surface area contributed by atoms with Gasteiger partial charge in [-0.25, -0.2) is 8.78 Å². The first kappa shape index (κ1) is 23.3. The molecule has 3 aromatic rings. The first-order valence-corrected chi connectivity index (χ1v) is 12.8. The summed E-state index contributed by atoms with van der Waals surface area (Å²) in [5.74, 6) is 3.20. The zero-order chi connectivity index (χ0) is 25.1. The van der Waals surface area contributed by atoms with Crippen LogP contribution >= 0.6 is 0 Å². The lowest BCUT2D eigenvalue weighted by molar-refractivity contribution is -0.186. The monoisotopic (exact) mass is 494 g/mol. The van der Waals surface area contributed by atoms with Gasteiger partial charge in [0.05, 0.1) is 0 Å². The van der Waals surface area contributed by atoms with Gasteiger partial charge >= 0.3 is 0 Å². The molecule has 6 nitrogen and oxygen atoms in total. The fourth-order valence-electron chi connectivity index (χ4n) is 6.67. The number of H-pyrrole nitrogens is 1. The molecule has 36 heavy (non-hydrogen) atoms. The first-order chi connectivity index (χ1) is 17.3. The second-order valence-electron chi connectivity index (χ2n) is 11.1. The standard InChI is InChI=1S/C28H32F2N6.2H2/c1-17-12-22(18-2-3-18)23(21-8-10-33-25(17)21)14-36-11-9-27(15-28(29,30)16-27)13-24(36)19-4-6-20(7-5-19)26(31)34-35-32;;/h4-8,10,12,18,24,33H,2-3,9,11,13-16H2,1H3,(H3,31,32,34);2*1H/t24-;;/m0../s1. The normalized spacial score (nSPS) is 23.4. The van der Waals surface area contributed by atoms with Gasteiger partial charge in [-0.3, -0.25) is 10.3 Å². The molecule has 192 valence electrons. The number of nitrogens with zero attached hydrogens (tertiary/aromatic N) is 3. The molecule has 4 N–H and O–H groups in total. The number of benzene rings is 2. The van der Waals surface area contributed by atoms with Crippen LogP contribution in [0.3, 0.4) is 0 Å². The van der Waals surface area contributed by atoms with Crippen LogP contribution in [0, 0.1) is 17.7 Å². The Balaban J connectivity index is 0.00000168. The topological polar surface area (TPSA) is 93.6 Å². The lowest BCUT2D eigenvalue weighted by atomic mass is 9.59. The molecular weight excluding hydrogens is 458 g/mol. The van der Waals surface area contributed by atoms with Gasteiger partial charge in [-0.1, -0.05) is 35.6 Å². The summed E-state index contributed by atoms with van der Waals surface area (Å²) in [5, 5.41) is 16.1. The van der Waals surface area contributed by atoms with E-state index in [0.717, 1.165) is 31.5 Å². The highest BCUT2D eigenvalue weighted by Crippen LogP contribution is 2.60. The minimum atomic E-state index is -2.54. The van der Waals surface area contributed by atoms with E-state index in [1.165, 1.54) is 40.4 Å². The van der Waals surface area contributed by atoms with E-state index in [1.54, 1.807) is 0 Å². The van der Waals surface area contributed by atoms with Crippen molar-refractivity contribution in [3.63, 3.8) is 0 Å². The maximum atomic E-state index is 14.0. The number of hydrogen-bond donors (Lipinski definition) is 3. The lowest BCUT2D eigenvalue weighted by Crippen LogP contribution is -2.53. The molecule has 8 heteroatoms. The van der Waals surface area contributed by atoms with Gasteiger partial charge in [-0.05, 0) is 78.8 Å². The molecule has 2 heterocycles. The SMILES string of the molecule is Cc1cc(C2CC2)c(CN2CCC3(C[C@H]2c2ccc(C(=N)N=NN)cc2)CC(F)(F)C3)c2cc[nH]c12.[HH].[HH]. The van der Waals surface area contributed by atoms with E-state index in [1.807, 2.05) is 30.5 Å². The Morgan fingerprint density at radius 2 is 1.97 bits per heavy atom. The predicted molar refractivity (Wildman–Crippen MR) is 141 cm³/mol. The van der Waals surface area contributed by atoms with Gasteiger partial charge in [0.1, 0.15) is 0 Å². The van der Waals surface area contributed by atoms with E-state index in [-0.39, 0.29) is 33.0 Å². The Hall–Kier alpha value is -3.13. The first-order valence-electron chi connectivity index (χ1n) is 12.8. The van der Waals surface area contributed by atoms with E-state index in [2.05, 4.69) is 39.3 Å². The summed E-state index contributed by atoms with van der Waals surface area (Å²) >= 11 is 0. The largest absolute Gasteiger partial charge is 0.361 e. The van der Waals surface area contributed by atoms with Crippen molar-refractivity contribution < 1.29 is 11.6 Å². The Kier molecular flexibility index (Phi) is 5.48. The van der Waals surface area contributed by atoms with E-state index < -0.39 is 5.92 Å². The number of alkyl halides is 2. The number of fused-ring (bicyclic) bond motifs is 1. The molecule has 0 radical (unpaired) electrons. The molecule has 2 aromatic carbocycles. The van der Waals surface area contributed by atoms with Crippen LogP contribution in [-0.2, 0) is 6.54 Å². The quantitative estimate of drug-likeness (QED) is 0.115. The number of piperidine rings is 1. The molecule has 1 spiro atoms. The molecule has 1 aliphatic heterocycles. The van der Waals surface area contributed by atoms with Gasteiger partial charge in [0.2, 0.25) is 5.92 Å². The molecule has 1 saturated heterocycles. The van der Waals surface area contributed by atoms with Gasteiger partial charge in [0.15, 0.2) is 5.84 Å². The number of halogens is 2. The molecule has 3 aliphatic rings. The molecule has 2 saturated carbocycles. The summed E-state index contributed by atoms with van der Waals surface area (Å²) in [6.07, 6.45) is 5.99. The number of aromatic nitrogens is 1. The van der Waals surface area contributed by atoms with Crippen LogP contribution in [0.5, 0.6) is 0 Å². The molecule has 3 fully saturated rings. The molecular formula is C28H36F2N6. The molecule has 6 rings (SSSR count). The van der Waals surface area contributed by atoms with Crippen molar-refractivity contribution in [2.24, 2.45) is 21.6 Å². The molecule has 1 atom stereocenters. The highest BCUT2D eigenvalue weighted by Gasteiger charge is 2.58. The summed E-state index contributed by atoms with van der Waals surface area (Å²) < 4.78 is 28.0. The smallest absolute Gasteiger partial charge is 0.249 e. The Bertz CT molecular complexity index is 1340. The van der Waals surface area contributed by atoms with Crippen LogP contribution in [0.1, 0.15) is 81.2 Å². The van der Waals surface area contributed by atoms with Gasteiger partial charge < -0.3 is 10.8 Å². The van der Waals surface area contributed by atoms with Crippen molar-refractivity contribution in [1.82, 2.24) is 9.88 Å². The minimum Gasteiger partial charge on any atom is -0.361 e. The highest BCUT2D eigenvalue weighted by atomic mass is 19.3. The molecule has 0 unspecified atom stereocenters. The fraction of sp³-hybridized carbons (Fsp3) is 0.464. The van der Waals surface area contributed by atoms with Crippen LogP contribution in [0.25, 0.3) is 10.9 Å². The maximum Gasteiger partial charge on any atom is 0.249 e. The fourth-order valence-corrected chi connectivity index (χ4v) is 6.67. The van der Waals surface area contributed by atoms with Crippen molar-refractivity contribution in [3.05, 3.63) is 70.4 Å². The number of aryl methyl sites for hydroxylation is 1. The zero-order valence-corrected chi connectivity index (χ0v) is 20.5. The minimum absolute atomic E-state index is 0. The molecule has 2 aliphatic carbocycles. The Morgan fingerprint density at radius 1 is 1.22 bits per heavy atom. The number of hydrogen-bond acceptors (Lipinski definition) is 3. The van der Waals surface area contributed by atoms with Crippen molar-refractivity contribution in [1.29, 1.82) is 5.41 Å². The van der Waals surface area contributed by atoms with E-state index in [0.29, 0.717) is 11.5 Å². The average molecular weight is 495 g/mol. The third kappa shape index (κ3) is 4.11. The predicted octanol–water partition coefficient (Wildman–Crippen LogP) is 7.25.